The molecule has 6 heteroatoms. The number of hydrogen-bond donors (Lipinski definition) is 1. The van der Waals surface area contributed by atoms with E-state index in [0.717, 1.165) is 30.7 Å². The fourth-order valence-electron chi connectivity index (χ4n) is 2.37. The van der Waals surface area contributed by atoms with Crippen molar-refractivity contribution in [1.82, 2.24) is 9.78 Å². The second-order valence-corrected chi connectivity index (χ2v) is 7.06. The molecule has 0 spiro atoms. The number of hydrogen-bond acceptors (Lipinski definition) is 2. The summed E-state index contributed by atoms with van der Waals surface area (Å²) >= 11 is 5.68. The van der Waals surface area contributed by atoms with Crippen LogP contribution in [-0.4, -0.2) is 15.7 Å². The van der Waals surface area contributed by atoms with E-state index >= 15 is 0 Å². The van der Waals surface area contributed by atoms with Crippen LogP contribution in [0.15, 0.2) is 22.7 Å². The molecule has 0 radical (unpaired) electrons. The Morgan fingerprint density at radius 1 is 1.43 bits per heavy atom. The zero-order valence-corrected chi connectivity index (χ0v) is 16.1. The number of aromatic nitrogens is 2. The van der Waals surface area contributed by atoms with Crippen molar-refractivity contribution in [3.05, 3.63) is 43.2 Å². The van der Waals surface area contributed by atoms with Crippen LogP contribution in [-0.2, 0) is 11.8 Å². The number of aryl methyl sites for hydroxylation is 2. The van der Waals surface area contributed by atoms with Crippen LogP contribution in [0.2, 0.25) is 0 Å². The van der Waals surface area contributed by atoms with Gasteiger partial charge >= 0.3 is 0 Å². The van der Waals surface area contributed by atoms with Crippen molar-refractivity contribution in [2.75, 3.05) is 5.32 Å². The highest BCUT2D eigenvalue weighted by Crippen LogP contribution is 2.26. The number of nitrogens with one attached hydrogen (secondary N) is 1. The van der Waals surface area contributed by atoms with Gasteiger partial charge in [-0.3, -0.25) is 9.48 Å². The summed E-state index contributed by atoms with van der Waals surface area (Å²) in [5, 5.41) is 7.35. The monoisotopic (exact) mass is 461 g/mol. The lowest BCUT2D eigenvalue weighted by atomic mass is 9.98. The molecule has 2 rings (SSSR count). The molecule has 21 heavy (non-hydrogen) atoms. The first kappa shape index (κ1) is 16.5. The standard InChI is InChI=1S/C15H17BrIN3O/c1-8(14-9(2)19-20(4)10(14)3)15(21)18-11-5-6-12(16)13(17)7-11/h5-8H,1-4H3,(H,18,21)/t8-/m0/s1. The SMILES string of the molecule is Cc1nn(C)c(C)c1[C@H](C)C(=O)Nc1ccc(Br)c(I)c1. The van der Waals surface area contributed by atoms with Gasteiger partial charge in [-0.05, 0) is 77.5 Å². The second kappa shape index (κ2) is 6.48. The Labute approximate surface area is 146 Å². The molecule has 1 atom stereocenters. The molecule has 4 nitrogen and oxygen atoms in total. The highest BCUT2D eigenvalue weighted by molar-refractivity contribution is 14.1. The molecule has 0 saturated carbocycles. The molecular formula is C15H17BrIN3O. The summed E-state index contributed by atoms with van der Waals surface area (Å²) in [4.78, 5) is 12.5. The normalized spacial score (nSPS) is 12.3. The smallest absolute Gasteiger partial charge is 0.231 e. The van der Waals surface area contributed by atoms with Crippen molar-refractivity contribution in [3.8, 4) is 0 Å². The molecular weight excluding hydrogens is 445 g/mol. The molecule has 0 bridgehead atoms. The molecule has 0 aliphatic carbocycles. The molecule has 0 saturated heterocycles. The second-order valence-electron chi connectivity index (χ2n) is 5.05. The summed E-state index contributed by atoms with van der Waals surface area (Å²) in [6.07, 6.45) is 0. The van der Waals surface area contributed by atoms with Crippen LogP contribution in [0, 0.1) is 17.4 Å². The van der Waals surface area contributed by atoms with Crippen LogP contribution in [0.1, 0.15) is 29.8 Å². The van der Waals surface area contributed by atoms with E-state index in [1.54, 1.807) is 0 Å². The average molecular weight is 462 g/mol. The van der Waals surface area contributed by atoms with Gasteiger partial charge in [0.15, 0.2) is 0 Å². The minimum absolute atomic E-state index is 0.0210. The molecule has 1 aromatic carbocycles. The average Bonchev–Trinajstić information content (AvgIpc) is 2.67. The van der Waals surface area contributed by atoms with Crippen molar-refractivity contribution >= 4 is 50.1 Å². The van der Waals surface area contributed by atoms with Gasteiger partial charge in [-0.1, -0.05) is 0 Å². The first-order valence-electron chi connectivity index (χ1n) is 6.57. The van der Waals surface area contributed by atoms with Crippen molar-refractivity contribution in [3.63, 3.8) is 0 Å². The van der Waals surface area contributed by atoms with E-state index < -0.39 is 0 Å². The van der Waals surface area contributed by atoms with Crippen molar-refractivity contribution in [2.24, 2.45) is 7.05 Å². The van der Waals surface area contributed by atoms with E-state index in [0.29, 0.717) is 0 Å². The van der Waals surface area contributed by atoms with Gasteiger partial charge in [-0.2, -0.15) is 5.10 Å². The maximum Gasteiger partial charge on any atom is 0.231 e. The first-order valence-corrected chi connectivity index (χ1v) is 8.44. The molecule has 0 unspecified atom stereocenters. The van der Waals surface area contributed by atoms with Gasteiger partial charge in [0.25, 0.3) is 0 Å². The topological polar surface area (TPSA) is 46.9 Å². The van der Waals surface area contributed by atoms with E-state index in [2.05, 4.69) is 48.9 Å². The first-order chi connectivity index (χ1) is 9.81. The number of amides is 1. The molecule has 0 aliphatic heterocycles. The minimum atomic E-state index is -0.236. The number of carbonyl (C=O) groups excluding carboxylic acids is 1. The largest absolute Gasteiger partial charge is 0.326 e. The lowest BCUT2D eigenvalue weighted by Gasteiger charge is -2.13. The fraction of sp³-hybridized carbons (Fsp3) is 0.333. The summed E-state index contributed by atoms with van der Waals surface area (Å²) < 4.78 is 3.90. The number of nitrogens with zero attached hydrogens (tertiary/aromatic N) is 2. The number of halogens is 2. The fourth-order valence-corrected chi connectivity index (χ4v) is 3.13. The molecule has 0 aliphatic rings. The number of benzene rings is 1. The molecule has 0 fully saturated rings. The quantitative estimate of drug-likeness (QED) is 0.698. The van der Waals surface area contributed by atoms with E-state index in [4.69, 9.17) is 0 Å². The third kappa shape index (κ3) is 3.48. The zero-order valence-electron chi connectivity index (χ0n) is 12.4. The lowest BCUT2D eigenvalue weighted by Crippen LogP contribution is -2.20. The zero-order chi connectivity index (χ0) is 15.7. The van der Waals surface area contributed by atoms with Gasteiger partial charge in [0.05, 0.1) is 11.6 Å². The molecule has 2 aromatic rings. The summed E-state index contributed by atoms with van der Waals surface area (Å²) in [6, 6.07) is 5.76. The Morgan fingerprint density at radius 2 is 2.10 bits per heavy atom. The molecule has 112 valence electrons. The van der Waals surface area contributed by atoms with E-state index in [1.807, 2.05) is 50.7 Å². The van der Waals surface area contributed by atoms with E-state index in [9.17, 15) is 4.79 Å². The van der Waals surface area contributed by atoms with Crippen LogP contribution in [0.4, 0.5) is 5.69 Å². The van der Waals surface area contributed by atoms with Gasteiger partial charge in [-0.15, -0.1) is 0 Å². The Morgan fingerprint density at radius 3 is 2.62 bits per heavy atom. The summed E-state index contributed by atoms with van der Waals surface area (Å²) in [5.74, 6) is -0.257. The predicted molar refractivity (Wildman–Crippen MR) is 96.6 cm³/mol. The lowest BCUT2D eigenvalue weighted by molar-refractivity contribution is -0.117. The Hall–Kier alpha value is -0.890. The van der Waals surface area contributed by atoms with Gasteiger partial charge in [0.2, 0.25) is 5.91 Å². The van der Waals surface area contributed by atoms with Crippen LogP contribution in [0.25, 0.3) is 0 Å². The predicted octanol–water partition coefficient (Wildman–Crippen LogP) is 4.15. The van der Waals surface area contributed by atoms with Crippen molar-refractivity contribution in [1.29, 1.82) is 0 Å². The Bertz CT molecular complexity index is 696. The summed E-state index contributed by atoms with van der Waals surface area (Å²) in [7, 11) is 1.90. The van der Waals surface area contributed by atoms with Crippen molar-refractivity contribution < 1.29 is 4.79 Å². The number of rotatable bonds is 3. The van der Waals surface area contributed by atoms with E-state index in [-0.39, 0.29) is 11.8 Å². The minimum Gasteiger partial charge on any atom is -0.326 e. The van der Waals surface area contributed by atoms with Crippen LogP contribution in [0.3, 0.4) is 0 Å². The van der Waals surface area contributed by atoms with Gasteiger partial charge < -0.3 is 5.32 Å². The maximum absolute atomic E-state index is 12.5. The molecule has 1 amide bonds. The van der Waals surface area contributed by atoms with Crippen molar-refractivity contribution in [2.45, 2.75) is 26.7 Å². The van der Waals surface area contributed by atoms with Gasteiger partial charge in [0, 0.05) is 32.0 Å². The van der Waals surface area contributed by atoms with E-state index in [1.165, 1.54) is 0 Å². The molecule has 1 heterocycles. The maximum atomic E-state index is 12.5. The molecule has 1 N–H and O–H groups in total. The van der Waals surface area contributed by atoms with Gasteiger partial charge in [0.1, 0.15) is 0 Å². The summed E-state index contributed by atoms with van der Waals surface area (Å²) in [5.41, 5.74) is 3.74. The van der Waals surface area contributed by atoms with Crippen LogP contribution < -0.4 is 5.32 Å². The number of carbonyl (C=O) groups is 1. The Balaban J connectivity index is 2.21. The molecule has 1 aromatic heterocycles. The number of anilines is 1. The van der Waals surface area contributed by atoms with Gasteiger partial charge in [-0.25, -0.2) is 0 Å². The third-order valence-corrected chi connectivity index (χ3v) is 5.90. The van der Waals surface area contributed by atoms with Crippen LogP contribution in [0.5, 0.6) is 0 Å². The van der Waals surface area contributed by atoms with Crippen LogP contribution >= 0.6 is 38.5 Å². The summed E-state index contributed by atoms with van der Waals surface area (Å²) in [6.45, 7) is 5.84. The highest BCUT2D eigenvalue weighted by Gasteiger charge is 2.22. The Kier molecular flexibility index (Phi) is 5.08. The highest BCUT2D eigenvalue weighted by atomic mass is 127. The third-order valence-electron chi connectivity index (χ3n) is 3.58.